The molecule has 3 aromatic rings. The number of benzene rings is 2. The van der Waals surface area contributed by atoms with Crippen molar-refractivity contribution >= 4 is 11.9 Å². The number of H-pyrrole nitrogens is 1. The molecule has 0 radical (unpaired) electrons. The smallest absolute Gasteiger partial charge is 0.309 e. The van der Waals surface area contributed by atoms with Gasteiger partial charge in [0.05, 0.1) is 54.3 Å². The SMILES string of the molecule is COC(=O)[C@@H]1C[C@H](C(=O)NC(C)(Cc2ccc(C#N)cc2)c2cnc[nH]2)CN(Cc2ccccc2)C1. The van der Waals surface area contributed by atoms with E-state index in [0.29, 0.717) is 38.0 Å². The maximum absolute atomic E-state index is 13.7. The number of aromatic amines is 1. The Bertz CT molecular complexity index is 1200. The highest BCUT2D eigenvalue weighted by atomic mass is 16.5. The zero-order valence-electron chi connectivity index (χ0n) is 20.6. The van der Waals surface area contributed by atoms with Crippen LogP contribution >= 0.6 is 0 Å². The molecule has 3 atom stereocenters. The number of hydrogen-bond acceptors (Lipinski definition) is 6. The van der Waals surface area contributed by atoms with Crippen molar-refractivity contribution in [2.24, 2.45) is 11.8 Å². The Labute approximate surface area is 211 Å². The first-order valence-electron chi connectivity index (χ1n) is 12.0. The molecule has 36 heavy (non-hydrogen) atoms. The molecule has 8 nitrogen and oxygen atoms in total. The van der Waals surface area contributed by atoms with E-state index in [1.807, 2.05) is 49.4 Å². The maximum atomic E-state index is 13.7. The van der Waals surface area contributed by atoms with Crippen LogP contribution in [0.25, 0.3) is 0 Å². The van der Waals surface area contributed by atoms with Gasteiger partial charge in [0.1, 0.15) is 0 Å². The Morgan fingerprint density at radius 3 is 2.50 bits per heavy atom. The van der Waals surface area contributed by atoms with Crippen molar-refractivity contribution in [2.75, 3.05) is 20.2 Å². The Kier molecular flexibility index (Phi) is 7.81. The summed E-state index contributed by atoms with van der Waals surface area (Å²) in [7, 11) is 1.39. The van der Waals surface area contributed by atoms with E-state index < -0.39 is 5.54 Å². The predicted molar refractivity (Wildman–Crippen MR) is 134 cm³/mol. The number of aromatic nitrogens is 2. The minimum atomic E-state index is -0.760. The third-order valence-corrected chi connectivity index (χ3v) is 6.81. The molecule has 4 rings (SSSR count). The van der Waals surface area contributed by atoms with Crippen LogP contribution in [-0.4, -0.2) is 46.9 Å². The second-order valence-electron chi connectivity index (χ2n) is 9.60. The van der Waals surface area contributed by atoms with Gasteiger partial charge in [-0.1, -0.05) is 42.5 Å². The van der Waals surface area contributed by atoms with Gasteiger partial charge in [0.25, 0.3) is 0 Å². The molecule has 2 heterocycles. The number of imidazole rings is 1. The van der Waals surface area contributed by atoms with Crippen molar-refractivity contribution in [3.63, 3.8) is 0 Å². The summed E-state index contributed by atoms with van der Waals surface area (Å²) in [6.07, 6.45) is 4.24. The lowest BCUT2D eigenvalue weighted by atomic mass is 9.85. The van der Waals surface area contributed by atoms with Crippen molar-refractivity contribution in [1.29, 1.82) is 5.26 Å². The zero-order valence-corrected chi connectivity index (χ0v) is 20.6. The Hall–Kier alpha value is -3.96. The molecule has 1 saturated heterocycles. The number of likely N-dealkylation sites (tertiary alicyclic amines) is 1. The average molecular weight is 486 g/mol. The van der Waals surface area contributed by atoms with E-state index in [9.17, 15) is 9.59 Å². The predicted octanol–water partition coefficient (Wildman–Crippen LogP) is 3.17. The number of carbonyl (C=O) groups is 2. The van der Waals surface area contributed by atoms with Gasteiger partial charge in [-0.2, -0.15) is 5.26 Å². The van der Waals surface area contributed by atoms with Gasteiger partial charge in [-0.25, -0.2) is 4.98 Å². The summed E-state index contributed by atoms with van der Waals surface area (Å²) >= 11 is 0. The number of carbonyl (C=O) groups excluding carboxylic acids is 2. The molecule has 2 N–H and O–H groups in total. The zero-order chi connectivity index (χ0) is 25.5. The van der Waals surface area contributed by atoms with E-state index in [2.05, 4.69) is 26.3 Å². The fraction of sp³-hybridized carbons (Fsp3) is 0.357. The van der Waals surface area contributed by atoms with Crippen LogP contribution in [-0.2, 0) is 32.8 Å². The highest BCUT2D eigenvalue weighted by Gasteiger charge is 2.39. The average Bonchev–Trinajstić information content (AvgIpc) is 3.45. The van der Waals surface area contributed by atoms with Crippen LogP contribution in [0.1, 0.15) is 35.7 Å². The van der Waals surface area contributed by atoms with Gasteiger partial charge >= 0.3 is 5.97 Å². The van der Waals surface area contributed by atoms with E-state index >= 15 is 0 Å². The number of nitrogens with one attached hydrogen (secondary N) is 2. The lowest BCUT2D eigenvalue weighted by molar-refractivity contribution is -0.149. The summed E-state index contributed by atoms with van der Waals surface area (Å²) in [5.74, 6) is -1.16. The molecule has 1 fully saturated rings. The van der Waals surface area contributed by atoms with Gasteiger partial charge in [0.15, 0.2) is 0 Å². The normalized spacial score (nSPS) is 19.6. The minimum absolute atomic E-state index is 0.118. The van der Waals surface area contributed by atoms with Crippen molar-refractivity contribution in [2.45, 2.75) is 31.8 Å². The molecule has 1 aliphatic rings. The molecule has 1 aromatic heterocycles. The van der Waals surface area contributed by atoms with E-state index in [1.165, 1.54) is 7.11 Å². The van der Waals surface area contributed by atoms with E-state index in [1.54, 1.807) is 24.7 Å². The quantitative estimate of drug-likeness (QED) is 0.474. The molecule has 1 aliphatic heterocycles. The Morgan fingerprint density at radius 2 is 1.86 bits per heavy atom. The molecule has 1 amide bonds. The third-order valence-electron chi connectivity index (χ3n) is 6.81. The van der Waals surface area contributed by atoms with Gasteiger partial charge in [0, 0.05) is 26.1 Å². The van der Waals surface area contributed by atoms with E-state index in [4.69, 9.17) is 10.00 Å². The largest absolute Gasteiger partial charge is 0.469 e. The van der Waals surface area contributed by atoms with Crippen LogP contribution in [0.3, 0.4) is 0 Å². The number of ether oxygens (including phenoxy) is 1. The number of hydrogen-bond donors (Lipinski definition) is 2. The molecule has 0 spiro atoms. The molecular weight excluding hydrogens is 454 g/mol. The van der Waals surface area contributed by atoms with Gasteiger partial charge in [-0.15, -0.1) is 0 Å². The first-order chi connectivity index (χ1) is 17.4. The van der Waals surface area contributed by atoms with Crippen LogP contribution in [0.5, 0.6) is 0 Å². The third kappa shape index (κ3) is 5.99. The monoisotopic (exact) mass is 485 g/mol. The number of nitriles is 1. The van der Waals surface area contributed by atoms with Crippen LogP contribution in [0.15, 0.2) is 67.1 Å². The summed E-state index contributed by atoms with van der Waals surface area (Å²) < 4.78 is 5.04. The fourth-order valence-corrected chi connectivity index (χ4v) is 4.93. The van der Waals surface area contributed by atoms with Crippen molar-refractivity contribution in [3.8, 4) is 6.07 Å². The van der Waals surface area contributed by atoms with Crippen LogP contribution in [0.4, 0.5) is 0 Å². The number of esters is 1. The minimum Gasteiger partial charge on any atom is -0.469 e. The van der Waals surface area contributed by atoms with Gasteiger partial charge in [0.2, 0.25) is 5.91 Å². The van der Waals surface area contributed by atoms with Gasteiger partial charge in [-0.05, 0) is 36.6 Å². The van der Waals surface area contributed by atoms with E-state index in [-0.39, 0.29) is 23.7 Å². The molecule has 1 unspecified atom stereocenters. The summed E-state index contributed by atoms with van der Waals surface area (Å²) in [6, 6.07) is 19.5. The highest BCUT2D eigenvalue weighted by Crippen LogP contribution is 2.29. The first kappa shape index (κ1) is 25.1. The van der Waals surface area contributed by atoms with Crippen molar-refractivity contribution in [3.05, 3.63) is 89.5 Å². The number of amides is 1. The highest BCUT2D eigenvalue weighted by molar-refractivity contribution is 5.81. The van der Waals surface area contributed by atoms with Crippen LogP contribution in [0.2, 0.25) is 0 Å². The fourth-order valence-electron chi connectivity index (χ4n) is 4.93. The first-order valence-corrected chi connectivity index (χ1v) is 12.0. The second kappa shape index (κ2) is 11.2. The van der Waals surface area contributed by atoms with Crippen LogP contribution in [0, 0.1) is 23.2 Å². The summed E-state index contributed by atoms with van der Waals surface area (Å²) in [5.41, 5.74) is 2.71. The standard InChI is InChI=1S/C28H31N5O3/c1-28(25-15-30-19-31-25,13-20-8-10-21(14-29)11-9-20)32-26(34)23-12-24(27(35)36-2)18-33(17-23)16-22-6-4-3-5-7-22/h3-11,15,19,23-24H,12-13,16-18H2,1-2H3,(H,30,31)(H,32,34)/t23-,24+,28?/m0/s1. The topological polar surface area (TPSA) is 111 Å². The summed E-state index contributed by atoms with van der Waals surface area (Å²) in [5, 5.41) is 12.4. The molecule has 2 aromatic carbocycles. The Balaban J connectivity index is 1.54. The summed E-state index contributed by atoms with van der Waals surface area (Å²) in [6.45, 7) is 3.71. The number of rotatable bonds is 8. The van der Waals surface area contributed by atoms with Gasteiger partial charge < -0.3 is 15.0 Å². The van der Waals surface area contributed by atoms with Crippen molar-refractivity contribution < 1.29 is 14.3 Å². The molecule has 0 aliphatic carbocycles. The van der Waals surface area contributed by atoms with Gasteiger partial charge in [-0.3, -0.25) is 14.5 Å². The molecule has 186 valence electrons. The van der Waals surface area contributed by atoms with Crippen molar-refractivity contribution in [1.82, 2.24) is 20.2 Å². The number of piperidine rings is 1. The lowest BCUT2D eigenvalue weighted by Crippen LogP contribution is -2.53. The van der Waals surface area contributed by atoms with Crippen LogP contribution < -0.4 is 5.32 Å². The maximum Gasteiger partial charge on any atom is 0.309 e. The number of methoxy groups -OCH3 is 1. The molecular formula is C28H31N5O3. The molecule has 8 heteroatoms. The summed E-state index contributed by atoms with van der Waals surface area (Å²) in [4.78, 5) is 35.6. The lowest BCUT2D eigenvalue weighted by Gasteiger charge is -2.38. The Morgan fingerprint density at radius 1 is 1.14 bits per heavy atom. The molecule has 0 bridgehead atoms. The molecule has 0 saturated carbocycles. The van der Waals surface area contributed by atoms with E-state index in [0.717, 1.165) is 16.8 Å². The number of nitrogens with zero attached hydrogens (tertiary/aromatic N) is 3. The second-order valence-corrected chi connectivity index (χ2v) is 9.60.